The Bertz CT molecular complexity index is 707. The fourth-order valence-electron chi connectivity index (χ4n) is 2.51. The molecular formula is C16H22FN3O4S. The van der Waals surface area contributed by atoms with Gasteiger partial charge in [0.05, 0.1) is 5.75 Å². The number of hydrogen-bond donors (Lipinski definition) is 2. The molecule has 0 atom stereocenters. The molecule has 2 N–H and O–H groups in total. The summed E-state index contributed by atoms with van der Waals surface area (Å²) in [5, 5.41) is 2.48. The van der Waals surface area contributed by atoms with E-state index in [2.05, 4.69) is 10.0 Å². The molecule has 0 bridgehead atoms. The number of amides is 2. The van der Waals surface area contributed by atoms with Crippen LogP contribution in [0.3, 0.4) is 0 Å². The summed E-state index contributed by atoms with van der Waals surface area (Å²) in [6, 6.07) is 4.99. The van der Waals surface area contributed by atoms with Crippen LogP contribution in [-0.4, -0.2) is 57.1 Å². The van der Waals surface area contributed by atoms with Crippen molar-refractivity contribution in [3.63, 3.8) is 0 Å². The predicted octanol–water partition coefficient (Wildman–Crippen LogP) is 0.487. The van der Waals surface area contributed by atoms with E-state index >= 15 is 0 Å². The highest BCUT2D eigenvalue weighted by Crippen LogP contribution is 2.09. The minimum Gasteiger partial charge on any atom is -0.351 e. The van der Waals surface area contributed by atoms with Gasteiger partial charge in [0.15, 0.2) is 0 Å². The molecule has 1 aliphatic rings. The Labute approximate surface area is 146 Å². The zero-order valence-electron chi connectivity index (χ0n) is 13.8. The van der Waals surface area contributed by atoms with Crippen molar-refractivity contribution in [2.75, 3.05) is 31.9 Å². The van der Waals surface area contributed by atoms with Gasteiger partial charge in [-0.25, -0.2) is 17.5 Å². The van der Waals surface area contributed by atoms with Gasteiger partial charge in [-0.1, -0.05) is 0 Å². The van der Waals surface area contributed by atoms with Crippen molar-refractivity contribution >= 4 is 21.8 Å². The number of nitrogens with zero attached hydrogens (tertiary/aromatic N) is 1. The van der Waals surface area contributed by atoms with Gasteiger partial charge in [-0.15, -0.1) is 0 Å². The zero-order chi connectivity index (χ0) is 18.3. The van der Waals surface area contributed by atoms with Gasteiger partial charge in [-0.2, -0.15) is 0 Å². The van der Waals surface area contributed by atoms with E-state index in [-0.39, 0.29) is 30.3 Å². The molecule has 0 unspecified atom stereocenters. The summed E-state index contributed by atoms with van der Waals surface area (Å²) in [5.74, 6) is -1.03. The van der Waals surface area contributed by atoms with E-state index in [1.807, 2.05) is 0 Å². The third kappa shape index (κ3) is 6.43. The first kappa shape index (κ1) is 19.3. The SMILES string of the molecule is O=C(NCCS(=O)(=O)NCCCN1CCCC1=O)c1ccc(F)cc1. The third-order valence-electron chi connectivity index (χ3n) is 3.86. The Morgan fingerprint density at radius 2 is 1.92 bits per heavy atom. The standard InChI is InChI=1S/C16H22FN3O4S/c17-14-6-4-13(5-7-14)16(22)18-9-12-25(23,24)19-8-2-11-20-10-1-3-15(20)21/h4-7,19H,1-3,8-12H2,(H,18,22). The van der Waals surface area contributed by atoms with Crippen LogP contribution in [0.2, 0.25) is 0 Å². The van der Waals surface area contributed by atoms with Crippen molar-refractivity contribution in [3.05, 3.63) is 35.6 Å². The Balaban J connectivity index is 1.64. The van der Waals surface area contributed by atoms with Crippen LogP contribution >= 0.6 is 0 Å². The zero-order valence-corrected chi connectivity index (χ0v) is 14.6. The number of nitrogens with one attached hydrogen (secondary N) is 2. The van der Waals surface area contributed by atoms with Gasteiger partial charge < -0.3 is 10.2 Å². The van der Waals surface area contributed by atoms with Gasteiger partial charge in [0.1, 0.15) is 5.82 Å². The van der Waals surface area contributed by atoms with Gasteiger partial charge in [0, 0.05) is 38.2 Å². The minimum absolute atomic E-state index is 0.0455. The Hall–Kier alpha value is -2.00. The first-order valence-electron chi connectivity index (χ1n) is 8.16. The molecular weight excluding hydrogens is 349 g/mol. The van der Waals surface area contributed by atoms with Crippen molar-refractivity contribution in [3.8, 4) is 0 Å². The number of sulfonamides is 1. The quantitative estimate of drug-likeness (QED) is 0.618. The van der Waals surface area contributed by atoms with Crippen LogP contribution in [0.4, 0.5) is 4.39 Å². The van der Waals surface area contributed by atoms with E-state index in [4.69, 9.17) is 0 Å². The number of carbonyl (C=O) groups is 2. The molecule has 0 radical (unpaired) electrons. The summed E-state index contributed by atoms with van der Waals surface area (Å²) in [4.78, 5) is 25.0. The van der Waals surface area contributed by atoms with Crippen LogP contribution in [0, 0.1) is 5.82 Å². The van der Waals surface area contributed by atoms with Crippen molar-refractivity contribution in [1.82, 2.24) is 14.9 Å². The summed E-state index contributed by atoms with van der Waals surface area (Å²) in [7, 11) is -3.50. The van der Waals surface area contributed by atoms with E-state index in [1.165, 1.54) is 24.3 Å². The highest BCUT2D eigenvalue weighted by atomic mass is 32.2. The molecule has 0 aromatic heterocycles. The Morgan fingerprint density at radius 3 is 2.56 bits per heavy atom. The number of benzene rings is 1. The molecule has 1 saturated heterocycles. The monoisotopic (exact) mass is 371 g/mol. The van der Waals surface area contributed by atoms with E-state index in [0.717, 1.165) is 13.0 Å². The molecule has 1 aliphatic heterocycles. The van der Waals surface area contributed by atoms with Gasteiger partial charge in [0.25, 0.3) is 5.91 Å². The van der Waals surface area contributed by atoms with Crippen LogP contribution in [0.5, 0.6) is 0 Å². The molecule has 138 valence electrons. The average molecular weight is 371 g/mol. The van der Waals surface area contributed by atoms with Crippen LogP contribution < -0.4 is 10.0 Å². The lowest BCUT2D eigenvalue weighted by molar-refractivity contribution is -0.127. The molecule has 0 saturated carbocycles. The van der Waals surface area contributed by atoms with E-state index in [1.54, 1.807) is 4.90 Å². The molecule has 7 nitrogen and oxygen atoms in total. The van der Waals surface area contributed by atoms with Gasteiger partial charge >= 0.3 is 0 Å². The van der Waals surface area contributed by atoms with Crippen LogP contribution in [0.15, 0.2) is 24.3 Å². The van der Waals surface area contributed by atoms with Crippen LogP contribution in [0.25, 0.3) is 0 Å². The second-order valence-electron chi connectivity index (χ2n) is 5.81. The summed E-state index contributed by atoms with van der Waals surface area (Å²) in [6.45, 7) is 1.48. The number of carbonyl (C=O) groups excluding carboxylic acids is 2. The Morgan fingerprint density at radius 1 is 1.20 bits per heavy atom. The molecule has 0 spiro atoms. The number of likely N-dealkylation sites (tertiary alicyclic amines) is 1. The molecule has 2 rings (SSSR count). The van der Waals surface area contributed by atoms with E-state index < -0.39 is 21.7 Å². The van der Waals surface area contributed by atoms with Crippen molar-refractivity contribution < 1.29 is 22.4 Å². The van der Waals surface area contributed by atoms with Gasteiger partial charge in [0.2, 0.25) is 15.9 Å². The topological polar surface area (TPSA) is 95.6 Å². The van der Waals surface area contributed by atoms with Crippen molar-refractivity contribution in [2.45, 2.75) is 19.3 Å². The summed E-state index contributed by atoms with van der Waals surface area (Å²) >= 11 is 0. The average Bonchev–Trinajstić information content (AvgIpc) is 2.97. The smallest absolute Gasteiger partial charge is 0.251 e. The highest BCUT2D eigenvalue weighted by Gasteiger charge is 2.19. The fourth-order valence-corrected chi connectivity index (χ4v) is 3.48. The summed E-state index contributed by atoms with van der Waals surface area (Å²) < 4.78 is 39.0. The second-order valence-corrected chi connectivity index (χ2v) is 7.74. The van der Waals surface area contributed by atoms with Gasteiger partial charge in [-0.3, -0.25) is 9.59 Å². The Kier molecular flexibility index (Phi) is 6.89. The van der Waals surface area contributed by atoms with Gasteiger partial charge in [-0.05, 0) is 37.1 Å². The maximum Gasteiger partial charge on any atom is 0.251 e. The molecule has 1 fully saturated rings. The first-order valence-corrected chi connectivity index (χ1v) is 9.81. The van der Waals surface area contributed by atoms with E-state index in [0.29, 0.717) is 19.4 Å². The molecule has 1 heterocycles. The number of halogens is 1. The third-order valence-corrected chi connectivity index (χ3v) is 5.25. The molecule has 1 aromatic carbocycles. The molecule has 2 amide bonds. The number of rotatable bonds is 9. The summed E-state index contributed by atoms with van der Waals surface area (Å²) in [6.07, 6.45) is 1.98. The van der Waals surface area contributed by atoms with Crippen molar-refractivity contribution in [1.29, 1.82) is 0 Å². The predicted molar refractivity (Wildman–Crippen MR) is 91.0 cm³/mol. The number of hydrogen-bond acceptors (Lipinski definition) is 4. The summed E-state index contributed by atoms with van der Waals surface area (Å²) in [5.41, 5.74) is 0.266. The van der Waals surface area contributed by atoms with Crippen molar-refractivity contribution in [2.24, 2.45) is 0 Å². The second kappa shape index (κ2) is 8.91. The lowest BCUT2D eigenvalue weighted by Gasteiger charge is -2.15. The first-order chi connectivity index (χ1) is 11.9. The lowest BCUT2D eigenvalue weighted by Crippen LogP contribution is -2.36. The van der Waals surface area contributed by atoms with E-state index in [9.17, 15) is 22.4 Å². The largest absolute Gasteiger partial charge is 0.351 e. The fraction of sp³-hybridized carbons (Fsp3) is 0.500. The molecule has 1 aromatic rings. The maximum atomic E-state index is 12.8. The molecule has 9 heteroatoms. The lowest BCUT2D eigenvalue weighted by atomic mass is 10.2. The van der Waals surface area contributed by atoms with Crippen LogP contribution in [-0.2, 0) is 14.8 Å². The molecule has 25 heavy (non-hydrogen) atoms. The maximum absolute atomic E-state index is 12.8. The normalized spacial score (nSPS) is 14.8. The highest BCUT2D eigenvalue weighted by molar-refractivity contribution is 7.89. The molecule has 0 aliphatic carbocycles. The minimum atomic E-state index is -3.50. The van der Waals surface area contributed by atoms with Crippen LogP contribution in [0.1, 0.15) is 29.6 Å².